The Labute approximate surface area is 120 Å². The van der Waals surface area contributed by atoms with E-state index in [0.29, 0.717) is 5.56 Å². The molecule has 0 radical (unpaired) electrons. The number of benzene rings is 2. The van der Waals surface area contributed by atoms with E-state index in [9.17, 15) is 4.79 Å². The van der Waals surface area contributed by atoms with Crippen LogP contribution >= 0.6 is 0 Å². The molecule has 0 fully saturated rings. The van der Waals surface area contributed by atoms with E-state index < -0.39 is 0 Å². The fraction of sp³-hybridized carbons (Fsp3) is 0.167. The normalized spacial score (nSPS) is 12.8. The fourth-order valence-corrected chi connectivity index (χ4v) is 2.09. The van der Waals surface area contributed by atoms with Gasteiger partial charge in [-0.05, 0) is 19.4 Å². The minimum Gasteiger partial charge on any atom is -0.382 e. The zero-order valence-electron chi connectivity index (χ0n) is 11.8. The van der Waals surface area contributed by atoms with E-state index >= 15 is 0 Å². The van der Waals surface area contributed by atoms with Gasteiger partial charge in [-0.3, -0.25) is 4.79 Å². The van der Waals surface area contributed by atoms with Crippen LogP contribution in [0.25, 0.3) is 0 Å². The largest absolute Gasteiger partial charge is 0.382 e. The third-order valence-electron chi connectivity index (χ3n) is 3.15. The predicted octanol–water partition coefficient (Wildman–Crippen LogP) is 4.12. The van der Waals surface area contributed by atoms with Crippen molar-refractivity contribution in [2.75, 3.05) is 0 Å². The van der Waals surface area contributed by atoms with Gasteiger partial charge in [-0.15, -0.1) is 0 Å². The van der Waals surface area contributed by atoms with Gasteiger partial charge < -0.3 is 5.32 Å². The van der Waals surface area contributed by atoms with Gasteiger partial charge in [-0.25, -0.2) is 0 Å². The molecule has 0 saturated carbocycles. The van der Waals surface area contributed by atoms with Crippen molar-refractivity contribution in [3.8, 4) is 0 Å². The van der Waals surface area contributed by atoms with Gasteiger partial charge in [0.1, 0.15) is 0 Å². The number of rotatable bonds is 5. The Morgan fingerprint density at radius 1 is 1.00 bits per heavy atom. The summed E-state index contributed by atoms with van der Waals surface area (Å²) >= 11 is 0. The number of nitrogens with one attached hydrogen (secondary N) is 1. The summed E-state index contributed by atoms with van der Waals surface area (Å²) in [6.45, 7) is 4.00. The summed E-state index contributed by atoms with van der Waals surface area (Å²) in [6, 6.07) is 19.7. The van der Waals surface area contributed by atoms with Crippen molar-refractivity contribution < 1.29 is 4.79 Å². The molecular formula is C18H19NO. The van der Waals surface area contributed by atoms with Crippen molar-refractivity contribution in [2.24, 2.45) is 0 Å². The van der Waals surface area contributed by atoms with Crippen LogP contribution in [-0.4, -0.2) is 5.78 Å². The molecule has 0 aromatic heterocycles. The summed E-state index contributed by atoms with van der Waals surface area (Å²) in [5.41, 5.74) is 2.78. The lowest BCUT2D eigenvalue weighted by Crippen LogP contribution is -2.17. The van der Waals surface area contributed by atoms with Crippen LogP contribution in [0.5, 0.6) is 0 Å². The molecule has 2 nitrogen and oxygen atoms in total. The first-order chi connectivity index (χ1) is 9.66. The minimum absolute atomic E-state index is 0.0239. The fourth-order valence-electron chi connectivity index (χ4n) is 2.09. The molecule has 20 heavy (non-hydrogen) atoms. The highest BCUT2D eigenvalue weighted by atomic mass is 16.1. The van der Waals surface area contributed by atoms with E-state index in [4.69, 9.17) is 0 Å². The lowest BCUT2D eigenvalue weighted by molar-refractivity contribution is 0.104. The van der Waals surface area contributed by atoms with Crippen molar-refractivity contribution in [1.82, 2.24) is 5.32 Å². The molecule has 0 spiro atoms. The molecule has 1 atom stereocenters. The van der Waals surface area contributed by atoms with Crippen LogP contribution in [0.2, 0.25) is 0 Å². The smallest absolute Gasteiger partial charge is 0.187 e. The van der Waals surface area contributed by atoms with Crippen LogP contribution in [0.4, 0.5) is 0 Å². The summed E-state index contributed by atoms with van der Waals surface area (Å²) in [7, 11) is 0. The van der Waals surface area contributed by atoms with Crippen LogP contribution in [0.1, 0.15) is 35.8 Å². The maximum absolute atomic E-state index is 12.1. The first-order valence-corrected chi connectivity index (χ1v) is 6.76. The second-order valence-corrected chi connectivity index (χ2v) is 4.83. The Morgan fingerprint density at radius 2 is 1.55 bits per heavy atom. The van der Waals surface area contributed by atoms with E-state index in [-0.39, 0.29) is 11.8 Å². The molecule has 0 aliphatic heterocycles. The predicted molar refractivity (Wildman–Crippen MR) is 82.5 cm³/mol. The maximum atomic E-state index is 12.1. The highest BCUT2D eigenvalue weighted by molar-refractivity contribution is 6.04. The van der Waals surface area contributed by atoms with Gasteiger partial charge in [-0.1, -0.05) is 60.7 Å². The molecule has 0 heterocycles. The Morgan fingerprint density at radius 3 is 2.15 bits per heavy atom. The lowest BCUT2D eigenvalue weighted by Gasteiger charge is -2.15. The van der Waals surface area contributed by atoms with Crippen molar-refractivity contribution in [2.45, 2.75) is 19.9 Å². The monoisotopic (exact) mass is 265 g/mol. The molecule has 0 saturated heterocycles. The minimum atomic E-state index is 0.0239. The number of allylic oxidation sites excluding steroid dienone is 2. The molecule has 2 heteroatoms. The molecule has 0 unspecified atom stereocenters. The van der Waals surface area contributed by atoms with Gasteiger partial charge >= 0.3 is 0 Å². The average Bonchev–Trinajstić information content (AvgIpc) is 2.49. The summed E-state index contributed by atoms with van der Waals surface area (Å²) in [6.07, 6.45) is 1.65. The zero-order valence-corrected chi connectivity index (χ0v) is 11.8. The van der Waals surface area contributed by atoms with Gasteiger partial charge in [0.05, 0.1) is 0 Å². The van der Waals surface area contributed by atoms with Gasteiger partial charge in [0.15, 0.2) is 5.78 Å². The summed E-state index contributed by atoms with van der Waals surface area (Å²) in [4.78, 5) is 12.1. The van der Waals surface area contributed by atoms with Gasteiger partial charge in [0, 0.05) is 23.4 Å². The highest BCUT2D eigenvalue weighted by Crippen LogP contribution is 2.13. The van der Waals surface area contributed by atoms with Crippen LogP contribution in [0, 0.1) is 0 Å². The molecule has 2 aromatic rings. The van der Waals surface area contributed by atoms with E-state index in [1.54, 1.807) is 6.08 Å². The number of hydrogen-bond donors (Lipinski definition) is 1. The molecule has 0 amide bonds. The molecule has 0 aliphatic carbocycles. The van der Waals surface area contributed by atoms with E-state index in [2.05, 4.69) is 24.4 Å². The van der Waals surface area contributed by atoms with Crippen LogP contribution in [0.15, 0.2) is 72.4 Å². The van der Waals surface area contributed by atoms with Crippen LogP contribution in [0.3, 0.4) is 0 Å². The molecular weight excluding hydrogens is 246 g/mol. The summed E-state index contributed by atoms with van der Waals surface area (Å²) in [5, 5.41) is 3.34. The number of ketones is 1. The topological polar surface area (TPSA) is 29.1 Å². The van der Waals surface area contributed by atoms with E-state index in [1.165, 1.54) is 5.56 Å². The summed E-state index contributed by atoms with van der Waals surface area (Å²) in [5.74, 6) is 0.0239. The highest BCUT2D eigenvalue weighted by Gasteiger charge is 2.06. The van der Waals surface area contributed by atoms with Crippen molar-refractivity contribution in [3.63, 3.8) is 0 Å². The maximum Gasteiger partial charge on any atom is 0.187 e. The Bertz CT molecular complexity index is 587. The van der Waals surface area contributed by atoms with Crippen molar-refractivity contribution in [1.29, 1.82) is 0 Å². The second kappa shape index (κ2) is 6.71. The molecule has 2 aromatic carbocycles. The number of carbonyl (C=O) groups is 1. The Kier molecular flexibility index (Phi) is 4.72. The standard InChI is InChI=1S/C18H19NO/c1-14(13-18(20)17-11-7-4-8-12-17)19-15(2)16-9-5-3-6-10-16/h3-13,15,19H,1-2H3/b14-13-/t15-/m0/s1. The second-order valence-electron chi connectivity index (χ2n) is 4.83. The lowest BCUT2D eigenvalue weighted by atomic mass is 10.1. The number of hydrogen-bond acceptors (Lipinski definition) is 2. The average molecular weight is 265 g/mol. The van der Waals surface area contributed by atoms with Crippen LogP contribution in [-0.2, 0) is 0 Å². The van der Waals surface area contributed by atoms with Crippen LogP contribution < -0.4 is 5.32 Å². The first-order valence-electron chi connectivity index (χ1n) is 6.76. The van der Waals surface area contributed by atoms with Gasteiger partial charge in [0.25, 0.3) is 0 Å². The van der Waals surface area contributed by atoms with E-state index in [1.807, 2.05) is 55.5 Å². The first kappa shape index (κ1) is 14.1. The molecule has 102 valence electrons. The van der Waals surface area contributed by atoms with E-state index in [0.717, 1.165) is 5.70 Å². The molecule has 1 N–H and O–H groups in total. The molecule has 0 bridgehead atoms. The third kappa shape index (κ3) is 3.82. The van der Waals surface area contributed by atoms with Gasteiger partial charge in [-0.2, -0.15) is 0 Å². The Balaban J connectivity index is 2.03. The molecule has 0 aliphatic rings. The van der Waals surface area contributed by atoms with Crippen molar-refractivity contribution in [3.05, 3.63) is 83.6 Å². The molecule has 2 rings (SSSR count). The SMILES string of the molecule is C/C(=C/C(=O)c1ccccc1)N[C@@H](C)c1ccccc1. The quantitative estimate of drug-likeness (QED) is 0.650. The third-order valence-corrected chi connectivity index (χ3v) is 3.15. The zero-order chi connectivity index (χ0) is 14.4. The number of carbonyl (C=O) groups excluding carboxylic acids is 1. The Hall–Kier alpha value is -2.35. The van der Waals surface area contributed by atoms with Gasteiger partial charge in [0.2, 0.25) is 0 Å². The summed E-state index contributed by atoms with van der Waals surface area (Å²) < 4.78 is 0. The van der Waals surface area contributed by atoms with Crippen molar-refractivity contribution >= 4 is 5.78 Å².